The summed E-state index contributed by atoms with van der Waals surface area (Å²) >= 11 is 0. The van der Waals surface area contributed by atoms with Gasteiger partial charge < -0.3 is 19.9 Å². The Labute approximate surface area is 258 Å². The summed E-state index contributed by atoms with van der Waals surface area (Å²) in [5.41, 5.74) is 3.65. The number of ether oxygens (including phenoxy) is 1. The lowest BCUT2D eigenvalue weighted by Gasteiger charge is -2.33. The number of aromatic amines is 1. The summed E-state index contributed by atoms with van der Waals surface area (Å²) < 4.78 is 48.5. The molecule has 0 atom stereocenters. The third-order valence-corrected chi connectivity index (χ3v) is 8.00. The Kier molecular flexibility index (Phi) is 8.30. The van der Waals surface area contributed by atoms with Gasteiger partial charge in [-0.1, -0.05) is 42.0 Å². The minimum absolute atomic E-state index is 0.0594. The summed E-state index contributed by atoms with van der Waals surface area (Å²) in [6.07, 6.45) is -2.82. The monoisotopic (exact) mass is 614 g/mol. The second kappa shape index (κ2) is 12.3. The van der Waals surface area contributed by atoms with E-state index in [0.29, 0.717) is 35.7 Å². The van der Waals surface area contributed by atoms with Crippen molar-refractivity contribution in [1.82, 2.24) is 24.8 Å². The first-order valence-corrected chi connectivity index (χ1v) is 14.7. The summed E-state index contributed by atoms with van der Waals surface area (Å²) in [6, 6.07) is 18.5. The SMILES string of the molecule is Cc1ccc(-c2nc(Oc3cc(C(=O)Nc4ccc(CN5CCN(C)CC5)c(C(F)(F)F)c4)ccc3C)c3[nH]ccc3n2)cc1. The lowest BCUT2D eigenvalue weighted by molar-refractivity contribution is -0.138. The quantitative estimate of drug-likeness (QED) is 0.204. The first-order chi connectivity index (χ1) is 21.5. The number of nitrogens with one attached hydrogen (secondary N) is 2. The van der Waals surface area contributed by atoms with E-state index in [1.165, 1.54) is 12.1 Å². The number of alkyl halides is 3. The zero-order valence-electron chi connectivity index (χ0n) is 25.2. The van der Waals surface area contributed by atoms with Crippen molar-refractivity contribution in [2.75, 3.05) is 38.5 Å². The minimum atomic E-state index is -4.56. The van der Waals surface area contributed by atoms with Crippen molar-refractivity contribution in [3.8, 4) is 23.0 Å². The van der Waals surface area contributed by atoms with Crippen molar-refractivity contribution in [3.05, 3.63) is 101 Å². The molecule has 3 heterocycles. The van der Waals surface area contributed by atoms with Crippen LogP contribution in [-0.2, 0) is 12.7 Å². The highest BCUT2D eigenvalue weighted by atomic mass is 19.4. The van der Waals surface area contributed by atoms with Gasteiger partial charge in [0.25, 0.3) is 5.91 Å². The van der Waals surface area contributed by atoms with Crippen LogP contribution in [0.1, 0.15) is 32.6 Å². The van der Waals surface area contributed by atoms with Crippen LogP contribution in [0, 0.1) is 13.8 Å². The Morgan fingerprint density at radius 3 is 2.44 bits per heavy atom. The number of H-pyrrole nitrogens is 1. The highest BCUT2D eigenvalue weighted by Gasteiger charge is 2.34. The average molecular weight is 615 g/mol. The number of aryl methyl sites for hydroxylation is 2. The number of rotatable bonds is 7. The minimum Gasteiger partial charge on any atom is -0.437 e. The molecule has 45 heavy (non-hydrogen) atoms. The highest BCUT2D eigenvalue weighted by Crippen LogP contribution is 2.35. The van der Waals surface area contributed by atoms with E-state index in [-0.39, 0.29) is 29.2 Å². The third kappa shape index (κ3) is 6.84. The molecule has 5 aromatic rings. The second-order valence-electron chi connectivity index (χ2n) is 11.4. The summed E-state index contributed by atoms with van der Waals surface area (Å²) in [5.74, 6) is 0.589. The number of carbonyl (C=O) groups is 1. The van der Waals surface area contributed by atoms with Crippen LogP contribution in [0.15, 0.2) is 72.9 Å². The Bertz CT molecular complexity index is 1840. The molecule has 2 N–H and O–H groups in total. The Morgan fingerprint density at radius 1 is 0.956 bits per heavy atom. The van der Waals surface area contributed by atoms with Crippen molar-refractivity contribution in [2.24, 2.45) is 0 Å². The molecule has 11 heteroatoms. The van der Waals surface area contributed by atoms with Crippen LogP contribution in [0.4, 0.5) is 18.9 Å². The fourth-order valence-electron chi connectivity index (χ4n) is 5.28. The Hall–Kier alpha value is -4.74. The van der Waals surface area contributed by atoms with E-state index in [1.54, 1.807) is 24.4 Å². The molecule has 8 nitrogen and oxygen atoms in total. The van der Waals surface area contributed by atoms with Gasteiger partial charge in [-0.15, -0.1) is 0 Å². The zero-order valence-corrected chi connectivity index (χ0v) is 25.2. The molecular weight excluding hydrogens is 581 g/mol. The molecule has 2 aromatic heterocycles. The van der Waals surface area contributed by atoms with Gasteiger partial charge in [-0.05, 0) is 62.4 Å². The van der Waals surface area contributed by atoms with E-state index in [0.717, 1.165) is 35.8 Å². The number of piperazine rings is 1. The predicted octanol–water partition coefficient (Wildman–Crippen LogP) is 7.05. The topological polar surface area (TPSA) is 86.4 Å². The number of anilines is 1. The first kappa shape index (κ1) is 30.3. The normalized spacial score (nSPS) is 14.5. The lowest BCUT2D eigenvalue weighted by atomic mass is 10.0. The van der Waals surface area contributed by atoms with Crippen LogP contribution >= 0.6 is 0 Å². The van der Waals surface area contributed by atoms with Crippen molar-refractivity contribution in [2.45, 2.75) is 26.6 Å². The number of halogens is 3. The summed E-state index contributed by atoms with van der Waals surface area (Å²) in [4.78, 5) is 29.8. The fourth-order valence-corrected chi connectivity index (χ4v) is 5.28. The first-order valence-electron chi connectivity index (χ1n) is 14.7. The summed E-state index contributed by atoms with van der Waals surface area (Å²) in [7, 11) is 2.00. The number of nitrogens with zero attached hydrogens (tertiary/aromatic N) is 4. The average Bonchev–Trinajstić information content (AvgIpc) is 3.49. The van der Waals surface area contributed by atoms with E-state index in [4.69, 9.17) is 4.74 Å². The Balaban J connectivity index is 1.24. The molecule has 0 bridgehead atoms. The molecule has 0 unspecified atom stereocenters. The van der Waals surface area contributed by atoms with Crippen molar-refractivity contribution in [3.63, 3.8) is 0 Å². The molecule has 232 valence electrons. The number of amides is 1. The van der Waals surface area contributed by atoms with Crippen LogP contribution in [0.3, 0.4) is 0 Å². The van der Waals surface area contributed by atoms with Crippen LogP contribution in [0.25, 0.3) is 22.4 Å². The highest BCUT2D eigenvalue weighted by molar-refractivity contribution is 6.04. The summed E-state index contributed by atoms with van der Waals surface area (Å²) in [6.45, 7) is 7.03. The van der Waals surface area contributed by atoms with Crippen molar-refractivity contribution < 1.29 is 22.7 Å². The molecule has 0 saturated carbocycles. The smallest absolute Gasteiger partial charge is 0.416 e. The third-order valence-electron chi connectivity index (χ3n) is 8.00. The van der Waals surface area contributed by atoms with Gasteiger partial charge in [-0.25, -0.2) is 4.98 Å². The van der Waals surface area contributed by atoms with E-state index in [9.17, 15) is 18.0 Å². The van der Waals surface area contributed by atoms with Gasteiger partial charge in [0.1, 0.15) is 11.3 Å². The molecule has 0 aliphatic carbocycles. The van der Waals surface area contributed by atoms with Crippen LogP contribution in [-0.4, -0.2) is 63.9 Å². The van der Waals surface area contributed by atoms with Gasteiger partial charge >= 0.3 is 6.18 Å². The number of benzene rings is 3. The number of hydrogen-bond acceptors (Lipinski definition) is 6. The number of carbonyl (C=O) groups excluding carboxylic acids is 1. The van der Waals surface area contributed by atoms with E-state index < -0.39 is 17.6 Å². The van der Waals surface area contributed by atoms with E-state index >= 15 is 0 Å². The van der Waals surface area contributed by atoms with Gasteiger partial charge in [-0.2, -0.15) is 18.2 Å². The molecule has 1 fully saturated rings. The van der Waals surface area contributed by atoms with Gasteiger partial charge in [0.2, 0.25) is 5.88 Å². The lowest BCUT2D eigenvalue weighted by Crippen LogP contribution is -2.44. The molecule has 1 aliphatic heterocycles. The maximum absolute atomic E-state index is 14.1. The number of hydrogen-bond donors (Lipinski definition) is 2. The van der Waals surface area contributed by atoms with Gasteiger partial charge in [0.15, 0.2) is 5.82 Å². The van der Waals surface area contributed by atoms with E-state index in [2.05, 4.69) is 25.2 Å². The Morgan fingerprint density at radius 2 is 1.71 bits per heavy atom. The number of fused-ring (bicyclic) bond motifs is 1. The fraction of sp³-hybridized carbons (Fsp3) is 0.265. The predicted molar refractivity (Wildman–Crippen MR) is 167 cm³/mol. The molecule has 0 spiro atoms. The largest absolute Gasteiger partial charge is 0.437 e. The standard InChI is InChI=1S/C34H33F3N6O2/c1-21-4-7-23(8-5-21)31-40-28-12-13-38-30(28)33(41-31)45-29-18-24(9-6-22(29)2)32(44)39-26-11-10-25(27(19-26)34(35,36)37)20-43-16-14-42(3)15-17-43/h4-13,18-19,38H,14-17,20H2,1-3H3,(H,39,44). The summed E-state index contributed by atoms with van der Waals surface area (Å²) in [5, 5.41) is 2.63. The maximum Gasteiger partial charge on any atom is 0.416 e. The van der Waals surface area contributed by atoms with Crippen molar-refractivity contribution in [1.29, 1.82) is 0 Å². The van der Waals surface area contributed by atoms with Gasteiger partial charge in [-0.3, -0.25) is 9.69 Å². The van der Waals surface area contributed by atoms with Crippen LogP contribution < -0.4 is 10.1 Å². The van der Waals surface area contributed by atoms with Crippen LogP contribution in [0.2, 0.25) is 0 Å². The van der Waals surface area contributed by atoms with Gasteiger partial charge in [0.05, 0.1) is 11.1 Å². The van der Waals surface area contributed by atoms with E-state index in [1.807, 2.05) is 56.1 Å². The molecule has 3 aromatic carbocycles. The molecule has 1 aliphatic rings. The molecule has 6 rings (SSSR count). The molecule has 1 saturated heterocycles. The molecule has 0 radical (unpaired) electrons. The van der Waals surface area contributed by atoms with Crippen LogP contribution in [0.5, 0.6) is 11.6 Å². The molecular formula is C34H33F3N6O2. The number of aromatic nitrogens is 3. The maximum atomic E-state index is 14.1. The zero-order chi connectivity index (χ0) is 31.7. The van der Waals surface area contributed by atoms with Crippen molar-refractivity contribution >= 4 is 22.6 Å². The molecule has 1 amide bonds. The second-order valence-corrected chi connectivity index (χ2v) is 11.4. The van der Waals surface area contributed by atoms with Gasteiger partial charge in [0, 0.05) is 55.7 Å². The number of likely N-dealkylation sites (N-methyl/N-ethyl adjacent to an activating group) is 1.